The van der Waals surface area contributed by atoms with Crippen molar-refractivity contribution in [2.24, 2.45) is 5.18 Å². The Morgan fingerprint density at radius 1 is 1.00 bits per heavy atom. The van der Waals surface area contributed by atoms with Gasteiger partial charge in [0, 0.05) is 5.56 Å². The summed E-state index contributed by atoms with van der Waals surface area (Å²) in [6.07, 6.45) is 0. The van der Waals surface area contributed by atoms with E-state index in [-0.39, 0.29) is 16.3 Å². The van der Waals surface area contributed by atoms with Gasteiger partial charge < -0.3 is 8.92 Å². The summed E-state index contributed by atoms with van der Waals surface area (Å²) in [5, 5.41) is 3.54. The normalized spacial score (nSPS) is 11.4. The number of fused-ring (bicyclic) bond motifs is 1. The van der Waals surface area contributed by atoms with Crippen LogP contribution in [0.5, 0.6) is 11.5 Å². The van der Waals surface area contributed by atoms with Gasteiger partial charge in [0.05, 0.1) is 17.3 Å². The molecular formula is C21H16N2O5S2. The summed E-state index contributed by atoms with van der Waals surface area (Å²) in [7, 11) is -2.54. The van der Waals surface area contributed by atoms with Crippen LogP contribution in [0.1, 0.15) is 5.56 Å². The Hall–Kier alpha value is -3.30. The average Bonchev–Trinajstić information content (AvgIpc) is 3.17. The molecule has 1 aromatic heterocycles. The van der Waals surface area contributed by atoms with E-state index in [1.807, 2.05) is 25.1 Å². The minimum Gasteiger partial charge on any atom is -0.497 e. The second-order valence-corrected chi connectivity index (χ2v) is 9.05. The fourth-order valence-electron chi connectivity index (χ4n) is 2.82. The van der Waals surface area contributed by atoms with Gasteiger partial charge in [-0.2, -0.15) is 8.42 Å². The lowest BCUT2D eigenvalue weighted by Crippen LogP contribution is -2.09. The van der Waals surface area contributed by atoms with Crippen molar-refractivity contribution in [2.75, 3.05) is 7.11 Å². The van der Waals surface area contributed by atoms with Crippen molar-refractivity contribution in [1.29, 1.82) is 0 Å². The molecule has 0 aliphatic carbocycles. The molecular weight excluding hydrogens is 424 g/mol. The molecule has 0 amide bonds. The van der Waals surface area contributed by atoms with E-state index in [1.54, 1.807) is 25.3 Å². The number of benzene rings is 3. The van der Waals surface area contributed by atoms with Crippen LogP contribution in [0.3, 0.4) is 0 Å². The Balaban J connectivity index is 1.73. The first-order valence-corrected chi connectivity index (χ1v) is 11.1. The second-order valence-electron chi connectivity index (χ2n) is 6.48. The highest BCUT2D eigenvalue weighted by molar-refractivity contribution is 7.87. The molecule has 4 aromatic rings. The maximum Gasteiger partial charge on any atom is 0.339 e. The number of aryl methyl sites for hydroxylation is 1. The smallest absolute Gasteiger partial charge is 0.339 e. The first kappa shape index (κ1) is 20.0. The molecule has 4 rings (SSSR count). The zero-order valence-electron chi connectivity index (χ0n) is 16.0. The summed E-state index contributed by atoms with van der Waals surface area (Å²) in [5.74, 6) is 0.561. The van der Waals surface area contributed by atoms with Crippen molar-refractivity contribution in [1.82, 2.24) is 4.98 Å². The number of aromatic nitrogens is 1. The van der Waals surface area contributed by atoms with Gasteiger partial charge in [-0.15, -0.1) is 16.2 Å². The Morgan fingerprint density at radius 3 is 2.47 bits per heavy atom. The number of thiazole rings is 1. The number of hydrogen-bond acceptors (Lipinski definition) is 8. The molecule has 3 aromatic carbocycles. The predicted molar refractivity (Wildman–Crippen MR) is 116 cm³/mol. The zero-order valence-corrected chi connectivity index (χ0v) is 17.7. The average molecular weight is 441 g/mol. The highest BCUT2D eigenvalue weighted by Gasteiger charge is 2.20. The second kappa shape index (κ2) is 7.85. The van der Waals surface area contributed by atoms with Crippen molar-refractivity contribution >= 4 is 37.4 Å². The van der Waals surface area contributed by atoms with E-state index in [1.165, 1.54) is 35.6 Å². The lowest BCUT2D eigenvalue weighted by Gasteiger charge is -2.09. The predicted octanol–water partition coefficient (Wildman–Crippen LogP) is 5.45. The minimum absolute atomic E-state index is 0.0116. The van der Waals surface area contributed by atoms with Crippen molar-refractivity contribution in [2.45, 2.75) is 11.8 Å². The van der Waals surface area contributed by atoms with Gasteiger partial charge in [-0.25, -0.2) is 4.98 Å². The van der Waals surface area contributed by atoms with Crippen molar-refractivity contribution < 1.29 is 17.3 Å². The molecule has 0 saturated heterocycles. The van der Waals surface area contributed by atoms with Crippen LogP contribution in [0, 0.1) is 11.8 Å². The molecule has 0 aliphatic rings. The van der Waals surface area contributed by atoms with Gasteiger partial charge in [0.15, 0.2) is 11.4 Å². The van der Waals surface area contributed by atoms with E-state index >= 15 is 0 Å². The van der Waals surface area contributed by atoms with Crippen LogP contribution in [0.25, 0.3) is 20.8 Å². The first-order valence-electron chi connectivity index (χ1n) is 8.83. The van der Waals surface area contributed by atoms with Gasteiger partial charge in [-0.05, 0) is 60.6 Å². The van der Waals surface area contributed by atoms with Gasteiger partial charge in [0.1, 0.15) is 15.7 Å². The standard InChI is InChI=1S/C21H16N2O5S2/c1-13-3-7-16(8-4-13)30(25,26)28-19-11-14(5-9-17(19)23-24)21-22-18-10-6-15(27-2)12-20(18)29-21/h3-12H,1-2H3. The summed E-state index contributed by atoms with van der Waals surface area (Å²) in [6.45, 7) is 1.85. The maximum atomic E-state index is 12.6. The molecule has 0 N–H and O–H groups in total. The third kappa shape index (κ3) is 3.89. The molecule has 0 fully saturated rings. The lowest BCUT2D eigenvalue weighted by atomic mass is 10.2. The van der Waals surface area contributed by atoms with Crippen molar-refractivity contribution in [3.63, 3.8) is 0 Å². The molecule has 0 saturated carbocycles. The molecule has 0 radical (unpaired) electrons. The number of nitroso groups, excluding NO2 is 1. The molecule has 1 heterocycles. The first-order chi connectivity index (χ1) is 14.4. The van der Waals surface area contributed by atoms with E-state index in [0.717, 1.165) is 15.8 Å². The lowest BCUT2D eigenvalue weighted by molar-refractivity contribution is 0.415. The SMILES string of the molecule is COc1ccc2nc(-c3ccc(N=O)c(OS(=O)(=O)c4ccc(C)cc4)c3)sc2c1. The van der Waals surface area contributed by atoms with Gasteiger partial charge in [-0.3, -0.25) is 0 Å². The third-order valence-corrected chi connectivity index (χ3v) is 6.73. The summed E-state index contributed by atoms with van der Waals surface area (Å²) in [4.78, 5) is 15.8. The van der Waals surface area contributed by atoms with Gasteiger partial charge in [0.25, 0.3) is 0 Å². The Morgan fingerprint density at radius 2 is 1.77 bits per heavy atom. The quantitative estimate of drug-likeness (QED) is 0.292. The molecule has 0 spiro atoms. The fourth-order valence-corrected chi connectivity index (χ4v) is 4.74. The molecule has 0 aliphatic heterocycles. The van der Waals surface area contributed by atoms with E-state index in [2.05, 4.69) is 10.2 Å². The maximum absolute atomic E-state index is 12.6. The highest BCUT2D eigenvalue weighted by atomic mass is 32.2. The largest absolute Gasteiger partial charge is 0.497 e. The van der Waals surface area contributed by atoms with E-state index in [9.17, 15) is 13.3 Å². The summed E-state index contributed by atoms with van der Waals surface area (Å²) in [5.41, 5.74) is 2.19. The zero-order chi connectivity index (χ0) is 21.3. The van der Waals surface area contributed by atoms with Gasteiger partial charge >= 0.3 is 10.1 Å². The monoisotopic (exact) mass is 440 g/mol. The number of methoxy groups -OCH3 is 1. The third-order valence-electron chi connectivity index (χ3n) is 4.41. The van der Waals surface area contributed by atoms with Crippen LogP contribution in [-0.2, 0) is 10.1 Å². The van der Waals surface area contributed by atoms with E-state index < -0.39 is 10.1 Å². The van der Waals surface area contributed by atoms with Gasteiger partial charge in [0.2, 0.25) is 0 Å². The summed E-state index contributed by atoms with van der Waals surface area (Å²) in [6, 6.07) is 16.3. The van der Waals surface area contributed by atoms with Crippen LogP contribution in [0.4, 0.5) is 5.69 Å². The molecule has 0 unspecified atom stereocenters. The Kier molecular flexibility index (Phi) is 5.23. The summed E-state index contributed by atoms with van der Waals surface area (Å²) < 4.78 is 36.7. The molecule has 0 atom stereocenters. The topological polar surface area (TPSA) is 94.9 Å². The fraction of sp³-hybridized carbons (Fsp3) is 0.0952. The number of rotatable bonds is 6. The van der Waals surface area contributed by atoms with Crippen LogP contribution in [0.15, 0.2) is 70.7 Å². The number of ether oxygens (including phenoxy) is 1. The van der Waals surface area contributed by atoms with Crippen LogP contribution in [0.2, 0.25) is 0 Å². The molecule has 30 heavy (non-hydrogen) atoms. The molecule has 0 bridgehead atoms. The highest BCUT2D eigenvalue weighted by Crippen LogP contribution is 2.38. The summed E-state index contributed by atoms with van der Waals surface area (Å²) >= 11 is 1.41. The number of hydrogen-bond donors (Lipinski definition) is 0. The number of nitrogens with zero attached hydrogens (tertiary/aromatic N) is 2. The van der Waals surface area contributed by atoms with E-state index in [4.69, 9.17) is 8.92 Å². The van der Waals surface area contributed by atoms with Crippen molar-refractivity contribution in [3.05, 3.63) is 71.1 Å². The molecule has 152 valence electrons. The van der Waals surface area contributed by atoms with Gasteiger partial charge in [-0.1, -0.05) is 17.7 Å². The molecule has 7 nitrogen and oxygen atoms in total. The van der Waals surface area contributed by atoms with Crippen LogP contribution >= 0.6 is 11.3 Å². The van der Waals surface area contributed by atoms with E-state index in [0.29, 0.717) is 16.3 Å². The minimum atomic E-state index is -4.13. The molecule has 9 heteroatoms. The Labute approximate surface area is 177 Å². The Bertz CT molecular complexity index is 1350. The van der Waals surface area contributed by atoms with Crippen LogP contribution in [-0.4, -0.2) is 20.5 Å². The van der Waals surface area contributed by atoms with Crippen molar-refractivity contribution in [3.8, 4) is 22.1 Å². The van der Waals surface area contributed by atoms with Crippen LogP contribution < -0.4 is 8.92 Å².